The third-order valence-electron chi connectivity index (χ3n) is 6.61. The van der Waals surface area contributed by atoms with Crippen molar-refractivity contribution < 1.29 is 30.0 Å². The van der Waals surface area contributed by atoms with Gasteiger partial charge in [-0.1, -0.05) is 6.92 Å². The summed E-state index contributed by atoms with van der Waals surface area (Å²) in [5.41, 5.74) is 9.75. The van der Waals surface area contributed by atoms with Gasteiger partial charge in [-0.3, -0.25) is 4.79 Å². The Kier molecular flexibility index (Phi) is 8.84. The van der Waals surface area contributed by atoms with Crippen molar-refractivity contribution in [2.24, 2.45) is 0 Å². The summed E-state index contributed by atoms with van der Waals surface area (Å²) in [5.74, 6) is -0.0625. The number of benzene rings is 2. The predicted molar refractivity (Wildman–Crippen MR) is 144 cm³/mol. The molecule has 36 heavy (non-hydrogen) atoms. The van der Waals surface area contributed by atoms with Crippen LogP contribution < -0.4 is 0 Å². The first-order valence-electron chi connectivity index (χ1n) is 11.9. The number of allylic oxidation sites excluding steroid dienone is 2. The van der Waals surface area contributed by atoms with Crippen molar-refractivity contribution >= 4 is 37.3 Å². The van der Waals surface area contributed by atoms with Crippen LogP contribution in [0.3, 0.4) is 0 Å². The molecule has 0 atom stereocenters. The summed E-state index contributed by atoms with van der Waals surface area (Å²) >= 11 is 1.87. The zero-order valence-corrected chi connectivity index (χ0v) is 24.4. The molecule has 6 heteroatoms. The number of carbonyl (C=O) groups is 1. The fraction of sp³-hybridized carbons (Fsp3) is 0.300. The van der Waals surface area contributed by atoms with Crippen molar-refractivity contribution in [3.8, 4) is 17.3 Å². The van der Waals surface area contributed by atoms with Gasteiger partial charge in [-0.15, -0.1) is 40.7 Å². The molecule has 0 saturated heterocycles. The molecule has 4 aromatic rings. The maximum Gasteiger partial charge on any atom is 0.155 e. The van der Waals surface area contributed by atoms with E-state index in [-0.39, 0.29) is 31.6 Å². The number of fused-ring (bicyclic) bond motifs is 4. The number of pyridine rings is 1. The first-order chi connectivity index (χ1) is 16.7. The quantitative estimate of drug-likeness (QED) is 0.135. The number of aromatic nitrogens is 1. The van der Waals surface area contributed by atoms with Crippen LogP contribution in [0.15, 0.2) is 36.2 Å². The van der Waals surface area contributed by atoms with Crippen LogP contribution in [0.1, 0.15) is 60.1 Å². The van der Waals surface area contributed by atoms with Gasteiger partial charge in [0.1, 0.15) is 0 Å². The Bertz CT molecular complexity index is 1540. The van der Waals surface area contributed by atoms with E-state index < -0.39 is 0 Å². The molecule has 0 saturated carbocycles. The van der Waals surface area contributed by atoms with Gasteiger partial charge < -0.3 is 10.1 Å². The standard InChI is InChI=1S/C25H21N2S.C5H8O2.Ir/c1-14-12-17(13-26)8-9-18(14)23-25-21(10-11-27-23)22-15(2)19-6-4-5-7-20(19)16(3)24(22)28-25;1-4(6)3-5(2)7;/h8,10-12H,4-7H2,1-3H3;3,6H,1-2H3;/q-1;;/b;4-3-;. The van der Waals surface area contributed by atoms with Crippen molar-refractivity contribution in [1.82, 2.24) is 4.98 Å². The van der Waals surface area contributed by atoms with Crippen LogP contribution in [0.5, 0.6) is 0 Å². The van der Waals surface area contributed by atoms with Crippen LogP contribution in [0.2, 0.25) is 0 Å². The second-order valence-electron chi connectivity index (χ2n) is 9.21. The molecule has 5 rings (SSSR count). The molecule has 4 nitrogen and oxygen atoms in total. The Hall–Kier alpha value is -2.84. The normalized spacial score (nSPS) is 12.8. The van der Waals surface area contributed by atoms with Crippen LogP contribution >= 0.6 is 11.3 Å². The van der Waals surface area contributed by atoms with Gasteiger partial charge in [0.2, 0.25) is 0 Å². The summed E-state index contributed by atoms with van der Waals surface area (Å²) in [6.07, 6.45) is 8.10. The molecular formula is C30H29IrN2O2S-. The number of hydrogen-bond acceptors (Lipinski definition) is 5. The number of nitrogens with zero attached hydrogens (tertiary/aromatic N) is 2. The van der Waals surface area contributed by atoms with E-state index in [2.05, 4.69) is 32.0 Å². The van der Waals surface area contributed by atoms with Gasteiger partial charge in [0.25, 0.3) is 0 Å². The molecule has 187 valence electrons. The minimum absolute atomic E-state index is 0. The van der Waals surface area contributed by atoms with Crippen molar-refractivity contribution in [3.05, 3.63) is 75.7 Å². The van der Waals surface area contributed by atoms with Gasteiger partial charge in [-0.2, -0.15) is 0 Å². The van der Waals surface area contributed by atoms with E-state index in [0.29, 0.717) is 5.56 Å². The summed E-state index contributed by atoms with van der Waals surface area (Å²) in [5, 5.41) is 20.2. The summed E-state index contributed by atoms with van der Waals surface area (Å²) in [7, 11) is 0. The number of aryl methyl sites for hydroxylation is 3. The van der Waals surface area contributed by atoms with Gasteiger partial charge in [-0.25, -0.2) is 5.26 Å². The molecule has 0 unspecified atom stereocenters. The van der Waals surface area contributed by atoms with Crippen molar-refractivity contribution in [3.63, 3.8) is 0 Å². The zero-order valence-electron chi connectivity index (χ0n) is 21.2. The second kappa shape index (κ2) is 11.5. The van der Waals surface area contributed by atoms with E-state index in [1.165, 1.54) is 76.9 Å². The molecule has 2 aromatic heterocycles. The summed E-state index contributed by atoms with van der Waals surface area (Å²) in [4.78, 5) is 14.8. The van der Waals surface area contributed by atoms with E-state index in [1.807, 2.05) is 30.5 Å². The van der Waals surface area contributed by atoms with Crippen molar-refractivity contribution in [2.45, 2.75) is 60.3 Å². The van der Waals surface area contributed by atoms with E-state index in [9.17, 15) is 10.1 Å². The van der Waals surface area contributed by atoms with Gasteiger partial charge in [0.05, 0.1) is 5.76 Å². The molecule has 2 heterocycles. The molecule has 0 aliphatic heterocycles. The first kappa shape index (κ1) is 27.7. The third kappa shape index (κ3) is 5.30. The van der Waals surface area contributed by atoms with E-state index >= 15 is 0 Å². The molecule has 1 radical (unpaired) electrons. The Morgan fingerprint density at radius 1 is 1.14 bits per heavy atom. The predicted octanol–water partition coefficient (Wildman–Crippen LogP) is 7.63. The summed E-state index contributed by atoms with van der Waals surface area (Å²) in [6, 6.07) is 11.4. The maximum atomic E-state index is 10.0. The number of aliphatic hydroxyl groups excluding tert-OH is 1. The fourth-order valence-corrected chi connectivity index (χ4v) is 6.46. The zero-order chi connectivity index (χ0) is 25.3. The summed E-state index contributed by atoms with van der Waals surface area (Å²) in [6.45, 7) is 9.49. The van der Waals surface area contributed by atoms with E-state index in [0.717, 1.165) is 16.8 Å². The summed E-state index contributed by atoms with van der Waals surface area (Å²) < 4.78 is 2.64. The number of ketones is 1. The second-order valence-corrected chi connectivity index (χ2v) is 10.2. The molecule has 2 aromatic carbocycles. The van der Waals surface area contributed by atoms with Gasteiger partial charge in [0.15, 0.2) is 5.78 Å². The van der Waals surface area contributed by atoms with Gasteiger partial charge in [0, 0.05) is 58.9 Å². The minimum Gasteiger partial charge on any atom is -0.512 e. The maximum absolute atomic E-state index is 10.0. The van der Waals surface area contributed by atoms with Crippen LogP contribution in [0, 0.1) is 38.2 Å². The number of nitriles is 1. The topological polar surface area (TPSA) is 74.0 Å². The van der Waals surface area contributed by atoms with Crippen LogP contribution in [0.4, 0.5) is 0 Å². The molecule has 0 fully saturated rings. The van der Waals surface area contributed by atoms with Gasteiger partial charge in [-0.05, 0) is 92.6 Å². The first-order valence-corrected chi connectivity index (χ1v) is 12.7. The smallest absolute Gasteiger partial charge is 0.155 e. The Morgan fingerprint density at radius 3 is 2.36 bits per heavy atom. The number of hydrogen-bond donors (Lipinski definition) is 1. The Morgan fingerprint density at radius 2 is 1.81 bits per heavy atom. The Balaban J connectivity index is 0.000000400. The van der Waals surface area contributed by atoms with Crippen LogP contribution in [-0.4, -0.2) is 15.9 Å². The van der Waals surface area contributed by atoms with E-state index in [1.54, 1.807) is 17.2 Å². The number of aliphatic hydroxyl groups is 1. The minimum atomic E-state index is -0.125. The average molecular weight is 674 g/mol. The monoisotopic (exact) mass is 674 g/mol. The average Bonchev–Trinajstić information content (AvgIpc) is 3.22. The number of rotatable bonds is 2. The molecule has 0 spiro atoms. The largest absolute Gasteiger partial charge is 0.512 e. The third-order valence-corrected chi connectivity index (χ3v) is 7.94. The molecule has 0 amide bonds. The van der Waals surface area contributed by atoms with Crippen molar-refractivity contribution in [2.75, 3.05) is 0 Å². The Labute approximate surface area is 230 Å². The van der Waals surface area contributed by atoms with E-state index in [4.69, 9.17) is 10.1 Å². The molecule has 1 aliphatic carbocycles. The van der Waals surface area contributed by atoms with Crippen LogP contribution in [0.25, 0.3) is 31.4 Å². The van der Waals surface area contributed by atoms with Crippen molar-refractivity contribution in [1.29, 1.82) is 5.26 Å². The SMILES string of the molecule is CC(=O)/C=C(/C)O.Cc1cc(C#N)c[c-]c1-c1nccc2c1sc1c(C)c3c(c(C)c12)CCCC3.[Ir]. The van der Waals surface area contributed by atoms with Crippen LogP contribution in [-0.2, 0) is 37.7 Å². The molecule has 1 N–H and O–H groups in total. The molecular weight excluding hydrogens is 645 g/mol. The molecule has 1 aliphatic rings. The number of carbonyl (C=O) groups excluding carboxylic acids is 1. The number of thiophene rings is 1. The van der Waals surface area contributed by atoms with Gasteiger partial charge >= 0.3 is 0 Å². The fourth-order valence-electron chi connectivity index (χ4n) is 5.08. The molecule has 0 bridgehead atoms.